The van der Waals surface area contributed by atoms with Crippen molar-refractivity contribution in [1.82, 2.24) is 0 Å². The Morgan fingerprint density at radius 3 is 2.42 bits per heavy atom. The molecule has 12 heavy (non-hydrogen) atoms. The van der Waals surface area contributed by atoms with Crippen LogP contribution in [0.4, 0.5) is 13.2 Å². The van der Waals surface area contributed by atoms with Crippen molar-refractivity contribution in [2.24, 2.45) is 0 Å². The molecule has 0 fully saturated rings. The molecule has 1 aromatic rings. The van der Waals surface area contributed by atoms with Crippen LogP contribution in [0.25, 0.3) is 0 Å². The molecule has 0 unspecified atom stereocenters. The Hall–Kier alpha value is -1.03. The fraction of sp³-hybridized carbons (Fsp3) is 0.250. The molecule has 0 heterocycles. The van der Waals surface area contributed by atoms with Crippen molar-refractivity contribution < 1.29 is 18.3 Å². The summed E-state index contributed by atoms with van der Waals surface area (Å²) in [5.74, 6) is -2.09. The Bertz CT molecular complexity index is 275. The second-order valence-corrected chi connectivity index (χ2v) is 2.34. The standard InChI is InChI=1S/C8H7F3O/c9-4-8(12)5-1-2-6(10)7(11)3-5/h1-3,8,12H,4H2/t8-/m1/s1. The maximum Gasteiger partial charge on any atom is 0.159 e. The number of hydrogen-bond donors (Lipinski definition) is 1. The molecule has 1 atom stereocenters. The zero-order valence-corrected chi connectivity index (χ0v) is 6.10. The van der Waals surface area contributed by atoms with Crippen LogP contribution in [0.3, 0.4) is 0 Å². The minimum absolute atomic E-state index is 0.0383. The van der Waals surface area contributed by atoms with E-state index in [1.807, 2.05) is 0 Å². The summed E-state index contributed by atoms with van der Waals surface area (Å²) in [6.07, 6.45) is -1.37. The molecule has 1 N–H and O–H groups in total. The number of benzene rings is 1. The number of aliphatic hydroxyl groups excluding tert-OH is 1. The molecule has 4 heteroatoms. The van der Waals surface area contributed by atoms with E-state index >= 15 is 0 Å². The maximum absolute atomic E-state index is 12.5. The van der Waals surface area contributed by atoms with E-state index in [4.69, 9.17) is 5.11 Å². The van der Waals surface area contributed by atoms with E-state index in [0.717, 1.165) is 18.2 Å². The molecule has 0 aliphatic carbocycles. The van der Waals surface area contributed by atoms with Gasteiger partial charge in [0.2, 0.25) is 0 Å². The third kappa shape index (κ3) is 1.76. The highest BCUT2D eigenvalue weighted by molar-refractivity contribution is 5.19. The van der Waals surface area contributed by atoms with Crippen molar-refractivity contribution >= 4 is 0 Å². The van der Waals surface area contributed by atoms with Gasteiger partial charge in [-0.2, -0.15) is 0 Å². The monoisotopic (exact) mass is 176 g/mol. The van der Waals surface area contributed by atoms with Gasteiger partial charge in [0.15, 0.2) is 11.6 Å². The van der Waals surface area contributed by atoms with Crippen LogP contribution in [-0.4, -0.2) is 11.8 Å². The van der Waals surface area contributed by atoms with E-state index in [1.54, 1.807) is 0 Å². The molecule has 0 aliphatic rings. The quantitative estimate of drug-likeness (QED) is 0.730. The van der Waals surface area contributed by atoms with Gasteiger partial charge >= 0.3 is 0 Å². The van der Waals surface area contributed by atoms with Crippen LogP contribution in [0.2, 0.25) is 0 Å². The molecule has 66 valence electrons. The Labute approximate surface area is 67.5 Å². The van der Waals surface area contributed by atoms with E-state index in [2.05, 4.69) is 0 Å². The third-order valence-electron chi connectivity index (χ3n) is 1.47. The Balaban J connectivity index is 2.96. The number of aliphatic hydroxyl groups is 1. The van der Waals surface area contributed by atoms with Gasteiger partial charge in [0.05, 0.1) is 0 Å². The average Bonchev–Trinajstić information content (AvgIpc) is 2.08. The lowest BCUT2D eigenvalue weighted by Crippen LogP contribution is -2.00. The normalized spacial score (nSPS) is 13.0. The first-order chi connectivity index (χ1) is 5.65. The van der Waals surface area contributed by atoms with Crippen LogP contribution in [0.1, 0.15) is 11.7 Å². The zero-order valence-electron chi connectivity index (χ0n) is 6.10. The molecule has 0 bridgehead atoms. The van der Waals surface area contributed by atoms with E-state index < -0.39 is 24.4 Å². The van der Waals surface area contributed by atoms with Gasteiger partial charge in [0.25, 0.3) is 0 Å². The molecule has 0 saturated carbocycles. The third-order valence-corrected chi connectivity index (χ3v) is 1.47. The molecular weight excluding hydrogens is 169 g/mol. The number of alkyl halides is 1. The van der Waals surface area contributed by atoms with Crippen LogP contribution in [-0.2, 0) is 0 Å². The average molecular weight is 176 g/mol. The molecule has 1 aromatic carbocycles. The molecule has 0 amide bonds. The summed E-state index contributed by atoms with van der Waals surface area (Å²) in [4.78, 5) is 0. The van der Waals surface area contributed by atoms with Gasteiger partial charge in [-0.15, -0.1) is 0 Å². The SMILES string of the molecule is O[C@H](CF)c1ccc(F)c(F)c1. The highest BCUT2D eigenvalue weighted by atomic mass is 19.2. The van der Waals surface area contributed by atoms with Gasteiger partial charge in [-0.05, 0) is 17.7 Å². The van der Waals surface area contributed by atoms with Crippen molar-refractivity contribution in [2.75, 3.05) is 6.67 Å². The predicted octanol–water partition coefficient (Wildman–Crippen LogP) is 1.97. The van der Waals surface area contributed by atoms with Gasteiger partial charge in [0, 0.05) is 0 Å². The number of halogens is 3. The van der Waals surface area contributed by atoms with Gasteiger partial charge < -0.3 is 5.11 Å². The van der Waals surface area contributed by atoms with Crippen molar-refractivity contribution in [1.29, 1.82) is 0 Å². The summed E-state index contributed by atoms with van der Waals surface area (Å²) in [6, 6.07) is 2.77. The molecule has 0 saturated heterocycles. The molecule has 0 spiro atoms. The number of rotatable bonds is 2. The minimum Gasteiger partial charge on any atom is -0.386 e. The van der Waals surface area contributed by atoms with Crippen LogP contribution in [0.15, 0.2) is 18.2 Å². The van der Waals surface area contributed by atoms with Gasteiger partial charge in [-0.25, -0.2) is 13.2 Å². The largest absolute Gasteiger partial charge is 0.386 e. The zero-order chi connectivity index (χ0) is 9.14. The molecule has 0 radical (unpaired) electrons. The van der Waals surface area contributed by atoms with Crippen molar-refractivity contribution in [3.8, 4) is 0 Å². The molecule has 0 aromatic heterocycles. The molecule has 0 aliphatic heterocycles. The summed E-state index contributed by atoms with van der Waals surface area (Å²) in [5, 5.41) is 8.88. The molecular formula is C8H7F3O. The molecule has 1 rings (SSSR count). The topological polar surface area (TPSA) is 20.2 Å². The fourth-order valence-corrected chi connectivity index (χ4v) is 0.809. The summed E-state index contributed by atoms with van der Waals surface area (Å²) in [7, 11) is 0. The maximum atomic E-state index is 12.5. The van der Waals surface area contributed by atoms with Gasteiger partial charge in [-0.1, -0.05) is 6.07 Å². The van der Waals surface area contributed by atoms with Gasteiger partial charge in [0.1, 0.15) is 12.8 Å². The van der Waals surface area contributed by atoms with Crippen LogP contribution in [0.5, 0.6) is 0 Å². The Morgan fingerprint density at radius 1 is 1.25 bits per heavy atom. The first-order valence-corrected chi connectivity index (χ1v) is 3.34. The first-order valence-electron chi connectivity index (χ1n) is 3.34. The first kappa shape index (κ1) is 9.06. The minimum atomic E-state index is -1.37. The van der Waals surface area contributed by atoms with Crippen LogP contribution < -0.4 is 0 Å². The van der Waals surface area contributed by atoms with E-state index in [9.17, 15) is 13.2 Å². The van der Waals surface area contributed by atoms with Crippen molar-refractivity contribution in [3.05, 3.63) is 35.4 Å². The smallest absolute Gasteiger partial charge is 0.159 e. The van der Waals surface area contributed by atoms with Crippen molar-refractivity contribution in [3.63, 3.8) is 0 Å². The summed E-state index contributed by atoms with van der Waals surface area (Å²) in [6.45, 7) is -1.01. The van der Waals surface area contributed by atoms with Crippen LogP contribution >= 0.6 is 0 Å². The van der Waals surface area contributed by atoms with E-state index in [1.165, 1.54) is 0 Å². The fourth-order valence-electron chi connectivity index (χ4n) is 0.809. The van der Waals surface area contributed by atoms with E-state index in [0.29, 0.717) is 0 Å². The second kappa shape index (κ2) is 3.58. The summed E-state index contributed by atoms with van der Waals surface area (Å²) < 4.78 is 36.6. The summed E-state index contributed by atoms with van der Waals surface area (Å²) in [5.41, 5.74) is 0.0383. The highest BCUT2D eigenvalue weighted by Crippen LogP contribution is 2.16. The Kier molecular flexibility index (Phi) is 2.70. The van der Waals surface area contributed by atoms with E-state index in [-0.39, 0.29) is 5.56 Å². The lowest BCUT2D eigenvalue weighted by molar-refractivity contribution is 0.141. The lowest BCUT2D eigenvalue weighted by Gasteiger charge is -2.05. The lowest BCUT2D eigenvalue weighted by atomic mass is 10.1. The van der Waals surface area contributed by atoms with Gasteiger partial charge in [-0.3, -0.25) is 0 Å². The number of hydrogen-bond acceptors (Lipinski definition) is 1. The highest BCUT2D eigenvalue weighted by Gasteiger charge is 2.09. The van der Waals surface area contributed by atoms with Crippen molar-refractivity contribution in [2.45, 2.75) is 6.10 Å². The Morgan fingerprint density at radius 2 is 1.92 bits per heavy atom. The van der Waals surface area contributed by atoms with Crippen LogP contribution in [0, 0.1) is 11.6 Å². The summed E-state index contributed by atoms with van der Waals surface area (Å²) >= 11 is 0. The molecule has 1 nitrogen and oxygen atoms in total. The second-order valence-electron chi connectivity index (χ2n) is 2.34. The predicted molar refractivity (Wildman–Crippen MR) is 37.3 cm³/mol.